The maximum Gasteiger partial charge on any atom is 0.151 e. The molecule has 0 saturated heterocycles. The summed E-state index contributed by atoms with van der Waals surface area (Å²) in [5.74, 6) is 0. The van der Waals surface area contributed by atoms with Crippen molar-refractivity contribution in [2.75, 3.05) is 7.05 Å². The van der Waals surface area contributed by atoms with Crippen LogP contribution in [0.2, 0.25) is 0 Å². The summed E-state index contributed by atoms with van der Waals surface area (Å²) in [4.78, 5) is 0. The first-order valence-electron chi connectivity index (χ1n) is 5.27. The number of rotatable bonds is 1. The van der Waals surface area contributed by atoms with E-state index in [-0.39, 0.29) is 0 Å². The van der Waals surface area contributed by atoms with Gasteiger partial charge in [0, 0.05) is 7.05 Å². The first-order chi connectivity index (χ1) is 6.58. The van der Waals surface area contributed by atoms with Crippen molar-refractivity contribution in [1.29, 1.82) is 0 Å². The maximum absolute atomic E-state index is 14.2. The molecular weight excluding hydrogens is 179 g/mol. The van der Waals surface area contributed by atoms with Crippen molar-refractivity contribution in [3.63, 3.8) is 0 Å². The average Bonchev–Trinajstić information content (AvgIpc) is 2.11. The molecule has 0 aromatic heterocycles. The number of azo groups is 1. The first-order valence-corrected chi connectivity index (χ1v) is 5.27. The highest BCUT2D eigenvalue weighted by Gasteiger charge is 2.31. The summed E-state index contributed by atoms with van der Waals surface area (Å²) in [5.41, 5.74) is 0.323. The van der Waals surface area contributed by atoms with Crippen molar-refractivity contribution < 1.29 is 4.39 Å². The fourth-order valence-corrected chi connectivity index (χ4v) is 2.00. The predicted octanol–water partition coefficient (Wildman–Crippen LogP) is 4.03. The molecule has 3 heteroatoms. The Morgan fingerprint density at radius 2 is 2.00 bits per heavy atom. The second-order valence-electron chi connectivity index (χ2n) is 4.19. The molecule has 0 spiro atoms. The number of halogens is 1. The van der Waals surface area contributed by atoms with Crippen LogP contribution in [0.25, 0.3) is 0 Å². The lowest BCUT2D eigenvalue weighted by molar-refractivity contribution is 0.207. The summed E-state index contributed by atoms with van der Waals surface area (Å²) in [6, 6.07) is 0. The number of hydrogen-bond donors (Lipinski definition) is 0. The van der Waals surface area contributed by atoms with E-state index in [1.807, 2.05) is 6.92 Å². The van der Waals surface area contributed by atoms with Gasteiger partial charge < -0.3 is 0 Å². The molecule has 1 aliphatic rings. The van der Waals surface area contributed by atoms with Crippen LogP contribution in [0.5, 0.6) is 0 Å². The number of nitrogens with zero attached hydrogens (tertiary/aromatic N) is 2. The summed E-state index contributed by atoms with van der Waals surface area (Å²) in [5, 5.41) is 7.65. The minimum absolute atomic E-state index is 0.555. The van der Waals surface area contributed by atoms with Gasteiger partial charge in [-0.2, -0.15) is 10.2 Å². The Kier molecular flexibility index (Phi) is 3.78. The Morgan fingerprint density at radius 1 is 1.29 bits per heavy atom. The van der Waals surface area contributed by atoms with Gasteiger partial charge in [0.05, 0.1) is 5.70 Å². The van der Waals surface area contributed by atoms with E-state index < -0.39 is 5.67 Å². The third-order valence-electron chi connectivity index (χ3n) is 2.80. The summed E-state index contributed by atoms with van der Waals surface area (Å²) >= 11 is 0. The van der Waals surface area contributed by atoms with E-state index in [0.29, 0.717) is 12.1 Å². The van der Waals surface area contributed by atoms with Crippen LogP contribution in [-0.2, 0) is 0 Å². The zero-order chi connectivity index (χ0) is 10.6. The van der Waals surface area contributed by atoms with Gasteiger partial charge in [-0.1, -0.05) is 6.42 Å². The summed E-state index contributed by atoms with van der Waals surface area (Å²) in [6.45, 7) is 3.58. The smallest absolute Gasteiger partial charge is 0.151 e. The molecule has 0 saturated carbocycles. The van der Waals surface area contributed by atoms with Crippen LogP contribution >= 0.6 is 0 Å². The SMILES string of the molecule is CN=N/C1=C(\C)CCCCCC1(C)F. The van der Waals surface area contributed by atoms with Gasteiger partial charge in [0.25, 0.3) is 0 Å². The zero-order valence-corrected chi connectivity index (χ0v) is 9.31. The molecule has 0 aromatic carbocycles. The van der Waals surface area contributed by atoms with Crippen LogP contribution in [0.4, 0.5) is 4.39 Å². The highest BCUT2D eigenvalue weighted by atomic mass is 19.1. The predicted molar refractivity (Wildman–Crippen MR) is 56.1 cm³/mol. The van der Waals surface area contributed by atoms with Gasteiger partial charge in [-0.05, 0) is 45.1 Å². The van der Waals surface area contributed by atoms with Crippen LogP contribution < -0.4 is 0 Å². The molecule has 1 aliphatic carbocycles. The molecule has 1 unspecified atom stereocenters. The topological polar surface area (TPSA) is 24.7 Å². The van der Waals surface area contributed by atoms with Gasteiger partial charge in [0.15, 0.2) is 5.67 Å². The molecule has 0 heterocycles. The molecule has 0 aliphatic heterocycles. The maximum atomic E-state index is 14.2. The lowest BCUT2D eigenvalue weighted by Crippen LogP contribution is -2.22. The highest BCUT2D eigenvalue weighted by Crippen LogP contribution is 2.34. The minimum Gasteiger partial charge on any atom is -0.237 e. The van der Waals surface area contributed by atoms with Crippen molar-refractivity contribution in [2.24, 2.45) is 10.2 Å². The molecule has 0 fully saturated rings. The average molecular weight is 198 g/mol. The van der Waals surface area contributed by atoms with E-state index in [0.717, 1.165) is 31.3 Å². The van der Waals surface area contributed by atoms with Crippen LogP contribution in [0.15, 0.2) is 21.5 Å². The normalized spacial score (nSPS) is 35.7. The molecular formula is C11H19FN2. The molecule has 0 aromatic rings. The highest BCUT2D eigenvalue weighted by molar-refractivity contribution is 5.21. The van der Waals surface area contributed by atoms with Crippen molar-refractivity contribution in [1.82, 2.24) is 0 Å². The molecule has 0 N–H and O–H groups in total. The Hall–Kier alpha value is -0.730. The second kappa shape index (κ2) is 4.67. The lowest BCUT2D eigenvalue weighted by atomic mass is 9.89. The molecule has 2 nitrogen and oxygen atoms in total. The molecule has 0 radical (unpaired) electrons. The van der Waals surface area contributed by atoms with E-state index in [1.54, 1.807) is 14.0 Å². The van der Waals surface area contributed by atoms with Gasteiger partial charge in [0.1, 0.15) is 0 Å². The van der Waals surface area contributed by atoms with Crippen LogP contribution in [0, 0.1) is 0 Å². The van der Waals surface area contributed by atoms with Crippen molar-refractivity contribution in [3.8, 4) is 0 Å². The van der Waals surface area contributed by atoms with Gasteiger partial charge in [-0.25, -0.2) is 4.39 Å². The third-order valence-corrected chi connectivity index (χ3v) is 2.80. The van der Waals surface area contributed by atoms with Crippen LogP contribution in [-0.4, -0.2) is 12.7 Å². The summed E-state index contributed by atoms with van der Waals surface area (Å²) in [7, 11) is 1.59. The van der Waals surface area contributed by atoms with E-state index in [9.17, 15) is 4.39 Å². The molecule has 80 valence electrons. The lowest BCUT2D eigenvalue weighted by Gasteiger charge is -2.24. The molecule has 0 amide bonds. The fourth-order valence-electron chi connectivity index (χ4n) is 2.00. The van der Waals surface area contributed by atoms with Gasteiger partial charge in [0.2, 0.25) is 0 Å². The summed E-state index contributed by atoms with van der Waals surface area (Å²) in [6.07, 6.45) is 4.73. The van der Waals surface area contributed by atoms with Crippen LogP contribution in [0.1, 0.15) is 46.0 Å². The Bertz CT molecular complexity index is 254. The molecule has 1 rings (SSSR count). The quantitative estimate of drug-likeness (QED) is 0.568. The Labute approximate surface area is 85.3 Å². The van der Waals surface area contributed by atoms with E-state index in [4.69, 9.17) is 0 Å². The summed E-state index contributed by atoms with van der Waals surface area (Å²) < 4.78 is 14.2. The van der Waals surface area contributed by atoms with Gasteiger partial charge in [-0.15, -0.1) is 0 Å². The first kappa shape index (κ1) is 11.3. The zero-order valence-electron chi connectivity index (χ0n) is 9.31. The van der Waals surface area contributed by atoms with E-state index in [2.05, 4.69) is 10.2 Å². The van der Waals surface area contributed by atoms with Crippen molar-refractivity contribution in [3.05, 3.63) is 11.3 Å². The van der Waals surface area contributed by atoms with Gasteiger partial charge in [-0.3, -0.25) is 0 Å². The van der Waals surface area contributed by atoms with E-state index >= 15 is 0 Å². The minimum atomic E-state index is -1.29. The van der Waals surface area contributed by atoms with Gasteiger partial charge >= 0.3 is 0 Å². The third kappa shape index (κ3) is 2.63. The molecule has 14 heavy (non-hydrogen) atoms. The number of hydrogen-bond acceptors (Lipinski definition) is 2. The monoisotopic (exact) mass is 198 g/mol. The largest absolute Gasteiger partial charge is 0.237 e. The fraction of sp³-hybridized carbons (Fsp3) is 0.818. The van der Waals surface area contributed by atoms with Crippen molar-refractivity contribution in [2.45, 2.75) is 51.6 Å². The molecule has 1 atom stereocenters. The van der Waals surface area contributed by atoms with E-state index in [1.165, 1.54) is 0 Å². The Morgan fingerprint density at radius 3 is 2.64 bits per heavy atom. The second-order valence-corrected chi connectivity index (χ2v) is 4.19. The Balaban J connectivity index is 3.00. The van der Waals surface area contributed by atoms with Crippen LogP contribution in [0.3, 0.4) is 0 Å². The van der Waals surface area contributed by atoms with Crippen molar-refractivity contribution >= 4 is 0 Å². The number of allylic oxidation sites excluding steroid dienone is 2. The molecule has 0 bridgehead atoms. The standard InChI is InChI=1S/C11H19FN2/c1-9-7-5-4-6-8-11(2,12)10(9)14-13-3/h4-8H2,1-3H3/b10-9+,14-13?. The number of alkyl halides is 1.